The van der Waals surface area contributed by atoms with Gasteiger partial charge in [0, 0.05) is 19.0 Å². The van der Waals surface area contributed by atoms with Gasteiger partial charge in [-0.2, -0.15) is 0 Å². The summed E-state index contributed by atoms with van der Waals surface area (Å²) in [5.41, 5.74) is 5.54. The predicted octanol–water partition coefficient (Wildman–Crippen LogP) is 2.20. The maximum atomic E-state index is 11.3. The predicted molar refractivity (Wildman–Crippen MR) is 64.7 cm³/mol. The highest BCUT2D eigenvalue weighted by molar-refractivity contribution is 5.75. The van der Waals surface area contributed by atoms with Crippen LogP contribution in [0.3, 0.4) is 0 Å². The van der Waals surface area contributed by atoms with E-state index in [1.807, 2.05) is 6.92 Å². The number of rotatable bonds is 9. The number of hydrogen-bond donors (Lipinski definition) is 2. The lowest BCUT2D eigenvalue weighted by atomic mass is 10.1. The second-order valence-electron chi connectivity index (χ2n) is 4.30. The summed E-state index contributed by atoms with van der Waals surface area (Å²) in [6.07, 6.45) is 7.98. The van der Waals surface area contributed by atoms with E-state index in [9.17, 15) is 4.79 Å². The van der Waals surface area contributed by atoms with Gasteiger partial charge >= 0.3 is 0 Å². The molecule has 0 aliphatic carbocycles. The highest BCUT2D eigenvalue weighted by Gasteiger charge is 2.01. The summed E-state index contributed by atoms with van der Waals surface area (Å²) in [7, 11) is 0. The van der Waals surface area contributed by atoms with E-state index in [1.165, 1.54) is 32.1 Å². The van der Waals surface area contributed by atoms with Gasteiger partial charge in [-0.1, -0.05) is 39.0 Å². The Kier molecular flexibility index (Phi) is 9.59. The van der Waals surface area contributed by atoms with Gasteiger partial charge in [0.25, 0.3) is 0 Å². The van der Waals surface area contributed by atoms with Crippen LogP contribution in [0, 0.1) is 0 Å². The molecule has 90 valence electrons. The van der Waals surface area contributed by atoms with Crippen molar-refractivity contribution in [2.45, 2.75) is 64.8 Å². The van der Waals surface area contributed by atoms with Gasteiger partial charge in [0.2, 0.25) is 5.91 Å². The van der Waals surface area contributed by atoms with Crippen LogP contribution in [-0.4, -0.2) is 18.5 Å². The average Bonchev–Trinajstić information content (AvgIpc) is 2.20. The van der Waals surface area contributed by atoms with Crippen LogP contribution in [0.25, 0.3) is 0 Å². The van der Waals surface area contributed by atoms with Gasteiger partial charge in [0.1, 0.15) is 0 Å². The number of hydrogen-bond acceptors (Lipinski definition) is 2. The molecule has 0 saturated carbocycles. The zero-order valence-corrected chi connectivity index (χ0v) is 10.2. The van der Waals surface area contributed by atoms with Crippen LogP contribution in [0.1, 0.15) is 58.8 Å². The minimum atomic E-state index is 0.0542. The molecule has 0 aromatic carbocycles. The van der Waals surface area contributed by atoms with Crippen LogP contribution < -0.4 is 11.1 Å². The summed E-state index contributed by atoms with van der Waals surface area (Å²) in [6, 6.07) is 0.0542. The normalized spacial score (nSPS) is 12.5. The van der Waals surface area contributed by atoms with Crippen molar-refractivity contribution in [3.05, 3.63) is 0 Å². The third-order valence-electron chi connectivity index (χ3n) is 2.38. The molecule has 3 N–H and O–H groups in total. The average molecular weight is 214 g/mol. The largest absolute Gasteiger partial charge is 0.355 e. The number of carbonyl (C=O) groups excluding carboxylic acids is 1. The number of nitrogens with two attached hydrogens (primary N) is 1. The Hall–Kier alpha value is -0.570. The number of unbranched alkanes of at least 4 members (excludes halogenated alkanes) is 5. The highest BCUT2D eigenvalue weighted by atomic mass is 16.1. The van der Waals surface area contributed by atoms with Crippen LogP contribution in [0.2, 0.25) is 0 Å². The summed E-state index contributed by atoms with van der Waals surface area (Å²) in [5, 5.41) is 2.82. The van der Waals surface area contributed by atoms with E-state index in [1.54, 1.807) is 0 Å². The maximum Gasteiger partial charge on any atom is 0.220 e. The molecule has 0 spiro atoms. The fourth-order valence-corrected chi connectivity index (χ4v) is 1.43. The molecule has 3 heteroatoms. The van der Waals surface area contributed by atoms with Crippen molar-refractivity contribution < 1.29 is 4.79 Å². The van der Waals surface area contributed by atoms with Crippen LogP contribution in [-0.2, 0) is 4.79 Å². The van der Waals surface area contributed by atoms with E-state index in [-0.39, 0.29) is 11.9 Å². The lowest BCUT2D eigenvalue weighted by Gasteiger charge is -2.07. The Morgan fingerprint density at radius 1 is 1.20 bits per heavy atom. The van der Waals surface area contributed by atoms with E-state index in [4.69, 9.17) is 5.73 Å². The second-order valence-corrected chi connectivity index (χ2v) is 4.30. The molecule has 0 rings (SSSR count). The Morgan fingerprint density at radius 3 is 2.40 bits per heavy atom. The van der Waals surface area contributed by atoms with Crippen molar-refractivity contribution >= 4 is 5.91 Å². The van der Waals surface area contributed by atoms with Crippen molar-refractivity contribution in [1.29, 1.82) is 0 Å². The zero-order valence-electron chi connectivity index (χ0n) is 10.2. The van der Waals surface area contributed by atoms with Gasteiger partial charge in [-0.15, -0.1) is 0 Å². The maximum absolute atomic E-state index is 11.3. The minimum Gasteiger partial charge on any atom is -0.355 e. The Morgan fingerprint density at radius 2 is 1.80 bits per heavy atom. The second kappa shape index (κ2) is 9.97. The first kappa shape index (κ1) is 14.4. The standard InChI is InChI=1S/C12H26N2O/c1-3-4-5-6-7-8-9-12(15)14-10-11(2)13/h11H,3-10,13H2,1-2H3,(H,14,15). The molecule has 0 aromatic rings. The summed E-state index contributed by atoms with van der Waals surface area (Å²) in [6.45, 7) is 4.70. The Labute approximate surface area is 93.8 Å². The first-order chi connectivity index (χ1) is 7.16. The fraction of sp³-hybridized carbons (Fsp3) is 0.917. The summed E-state index contributed by atoms with van der Waals surface area (Å²) < 4.78 is 0. The van der Waals surface area contributed by atoms with Crippen LogP contribution in [0.4, 0.5) is 0 Å². The third-order valence-corrected chi connectivity index (χ3v) is 2.38. The molecular formula is C12H26N2O. The summed E-state index contributed by atoms with van der Waals surface area (Å²) in [4.78, 5) is 11.3. The molecule has 0 aliphatic heterocycles. The van der Waals surface area contributed by atoms with Crippen molar-refractivity contribution in [2.75, 3.05) is 6.54 Å². The molecule has 0 fully saturated rings. The van der Waals surface area contributed by atoms with E-state index in [0.29, 0.717) is 13.0 Å². The highest BCUT2D eigenvalue weighted by Crippen LogP contribution is 2.06. The van der Waals surface area contributed by atoms with Gasteiger partial charge in [-0.25, -0.2) is 0 Å². The number of nitrogens with one attached hydrogen (secondary N) is 1. The van der Waals surface area contributed by atoms with E-state index >= 15 is 0 Å². The topological polar surface area (TPSA) is 55.1 Å². The fourth-order valence-electron chi connectivity index (χ4n) is 1.43. The zero-order chi connectivity index (χ0) is 11.5. The molecule has 3 nitrogen and oxygen atoms in total. The number of carbonyl (C=O) groups is 1. The Bertz CT molecular complexity index is 158. The molecule has 1 atom stereocenters. The monoisotopic (exact) mass is 214 g/mol. The lowest BCUT2D eigenvalue weighted by molar-refractivity contribution is -0.121. The van der Waals surface area contributed by atoms with Crippen molar-refractivity contribution in [3.63, 3.8) is 0 Å². The lowest BCUT2D eigenvalue weighted by Crippen LogP contribution is -2.34. The molecular weight excluding hydrogens is 188 g/mol. The molecule has 0 heterocycles. The quantitative estimate of drug-likeness (QED) is 0.578. The van der Waals surface area contributed by atoms with E-state index < -0.39 is 0 Å². The van der Waals surface area contributed by atoms with Crippen LogP contribution in [0.5, 0.6) is 0 Å². The van der Waals surface area contributed by atoms with Gasteiger partial charge < -0.3 is 11.1 Å². The first-order valence-corrected chi connectivity index (χ1v) is 6.19. The van der Waals surface area contributed by atoms with Gasteiger partial charge in [-0.3, -0.25) is 4.79 Å². The smallest absolute Gasteiger partial charge is 0.220 e. The Balaban J connectivity index is 3.17. The van der Waals surface area contributed by atoms with Gasteiger partial charge in [0.05, 0.1) is 0 Å². The van der Waals surface area contributed by atoms with Crippen molar-refractivity contribution in [1.82, 2.24) is 5.32 Å². The van der Waals surface area contributed by atoms with E-state index in [2.05, 4.69) is 12.2 Å². The molecule has 0 radical (unpaired) electrons. The van der Waals surface area contributed by atoms with Crippen LogP contribution >= 0.6 is 0 Å². The molecule has 0 saturated heterocycles. The van der Waals surface area contributed by atoms with Crippen molar-refractivity contribution in [3.8, 4) is 0 Å². The SMILES string of the molecule is CCCCCCCCC(=O)NCC(C)N. The molecule has 0 aromatic heterocycles. The van der Waals surface area contributed by atoms with E-state index in [0.717, 1.165) is 6.42 Å². The first-order valence-electron chi connectivity index (χ1n) is 6.19. The van der Waals surface area contributed by atoms with Gasteiger partial charge in [-0.05, 0) is 13.3 Å². The third kappa shape index (κ3) is 11.4. The molecule has 1 amide bonds. The van der Waals surface area contributed by atoms with Gasteiger partial charge in [0.15, 0.2) is 0 Å². The summed E-state index contributed by atoms with van der Waals surface area (Å²) >= 11 is 0. The molecule has 0 aliphatic rings. The molecule has 1 unspecified atom stereocenters. The van der Waals surface area contributed by atoms with Crippen LogP contribution in [0.15, 0.2) is 0 Å². The molecule has 15 heavy (non-hydrogen) atoms. The number of amides is 1. The summed E-state index contributed by atoms with van der Waals surface area (Å²) in [5.74, 6) is 0.141. The minimum absolute atomic E-state index is 0.0542. The molecule has 0 bridgehead atoms. The van der Waals surface area contributed by atoms with Crippen molar-refractivity contribution in [2.24, 2.45) is 5.73 Å².